The van der Waals surface area contributed by atoms with Gasteiger partial charge in [-0.3, -0.25) is 4.79 Å². The van der Waals surface area contributed by atoms with Crippen LogP contribution in [0.3, 0.4) is 0 Å². The monoisotopic (exact) mass is 592 g/mol. The van der Waals surface area contributed by atoms with Crippen molar-refractivity contribution in [3.05, 3.63) is 87.8 Å². The Hall–Kier alpha value is -4.41. The van der Waals surface area contributed by atoms with Crippen molar-refractivity contribution in [1.82, 2.24) is 10.4 Å². The molecule has 4 aromatic rings. The maximum atomic E-state index is 12.6. The standard InChI is InChI=1S/C30H29ClN4O5S/c1-4-38-26-15-20(14-24(31)28(26)40-17-27(36)39-5-2)16-32-35-29(37)22-10-8-21(9-11-22)25-18-41-30(34-25)33-23-12-6-19(3)7-13-23/h6-16,18H,4-5,17H2,1-3H3,(H,33,34)(H,35,37)/b32-16-. The van der Waals surface area contributed by atoms with E-state index in [0.29, 0.717) is 23.5 Å². The summed E-state index contributed by atoms with van der Waals surface area (Å²) in [5.41, 5.74) is 7.38. The summed E-state index contributed by atoms with van der Waals surface area (Å²) < 4.78 is 16.0. The quantitative estimate of drug-likeness (QED) is 0.108. The summed E-state index contributed by atoms with van der Waals surface area (Å²) in [7, 11) is 0. The highest BCUT2D eigenvalue weighted by atomic mass is 35.5. The molecule has 212 valence electrons. The van der Waals surface area contributed by atoms with Gasteiger partial charge in [-0.15, -0.1) is 11.3 Å². The van der Waals surface area contributed by atoms with Gasteiger partial charge < -0.3 is 19.5 Å². The molecule has 0 aliphatic carbocycles. The second kappa shape index (κ2) is 14.3. The van der Waals surface area contributed by atoms with Crippen molar-refractivity contribution < 1.29 is 23.8 Å². The van der Waals surface area contributed by atoms with Crippen molar-refractivity contribution in [1.29, 1.82) is 0 Å². The fourth-order valence-corrected chi connectivity index (χ4v) is 4.66. The van der Waals surface area contributed by atoms with Crippen LogP contribution in [0.5, 0.6) is 11.5 Å². The molecule has 2 N–H and O–H groups in total. The molecule has 9 nitrogen and oxygen atoms in total. The molecule has 0 aliphatic rings. The van der Waals surface area contributed by atoms with Crippen LogP contribution in [0.25, 0.3) is 11.3 Å². The predicted molar refractivity (Wildman–Crippen MR) is 162 cm³/mol. The Kier molecular flexibility index (Phi) is 10.3. The molecule has 0 fully saturated rings. The highest BCUT2D eigenvalue weighted by molar-refractivity contribution is 7.14. The molecule has 1 aromatic heterocycles. The van der Waals surface area contributed by atoms with Gasteiger partial charge >= 0.3 is 5.97 Å². The first kappa shape index (κ1) is 29.6. The third kappa shape index (κ3) is 8.29. The number of halogens is 1. The van der Waals surface area contributed by atoms with Gasteiger partial charge in [-0.05, 0) is 62.7 Å². The largest absolute Gasteiger partial charge is 0.490 e. The fourth-order valence-electron chi connectivity index (χ4n) is 3.65. The summed E-state index contributed by atoms with van der Waals surface area (Å²) in [6, 6.07) is 18.4. The molecule has 0 spiro atoms. The zero-order chi connectivity index (χ0) is 29.2. The Morgan fingerprint density at radius 3 is 2.49 bits per heavy atom. The van der Waals surface area contributed by atoms with E-state index in [1.54, 1.807) is 31.2 Å². The van der Waals surface area contributed by atoms with Crippen LogP contribution in [0.15, 0.2) is 71.1 Å². The van der Waals surface area contributed by atoms with E-state index in [4.69, 9.17) is 25.8 Å². The lowest BCUT2D eigenvalue weighted by atomic mass is 10.1. The number of thiazole rings is 1. The van der Waals surface area contributed by atoms with E-state index in [1.807, 2.05) is 55.6 Å². The minimum absolute atomic E-state index is 0.223. The van der Waals surface area contributed by atoms with Crippen molar-refractivity contribution in [2.45, 2.75) is 20.8 Å². The molecule has 0 bridgehead atoms. The molecule has 41 heavy (non-hydrogen) atoms. The van der Waals surface area contributed by atoms with Gasteiger partial charge in [-0.2, -0.15) is 5.10 Å². The van der Waals surface area contributed by atoms with Gasteiger partial charge in [0.25, 0.3) is 5.91 Å². The van der Waals surface area contributed by atoms with Crippen LogP contribution in [0.1, 0.15) is 35.3 Å². The van der Waals surface area contributed by atoms with Gasteiger partial charge in [-0.25, -0.2) is 15.2 Å². The lowest BCUT2D eigenvalue weighted by molar-refractivity contribution is -0.145. The average molecular weight is 593 g/mol. The number of rotatable bonds is 12. The van der Waals surface area contributed by atoms with E-state index in [-0.39, 0.29) is 29.9 Å². The van der Waals surface area contributed by atoms with E-state index in [1.165, 1.54) is 23.1 Å². The van der Waals surface area contributed by atoms with E-state index in [0.717, 1.165) is 22.1 Å². The van der Waals surface area contributed by atoms with Crippen molar-refractivity contribution in [2.24, 2.45) is 5.10 Å². The molecular formula is C30H29ClN4O5S. The highest BCUT2D eigenvalue weighted by Crippen LogP contribution is 2.36. The Bertz CT molecular complexity index is 1520. The number of nitrogens with zero attached hydrogens (tertiary/aromatic N) is 2. The lowest BCUT2D eigenvalue weighted by Crippen LogP contribution is -2.17. The average Bonchev–Trinajstić information content (AvgIpc) is 3.43. The number of aromatic nitrogens is 1. The van der Waals surface area contributed by atoms with E-state index in [9.17, 15) is 9.59 Å². The van der Waals surface area contributed by atoms with Crippen molar-refractivity contribution in [3.63, 3.8) is 0 Å². The smallest absolute Gasteiger partial charge is 0.344 e. The molecule has 11 heteroatoms. The number of nitrogens with one attached hydrogen (secondary N) is 2. The fraction of sp³-hybridized carbons (Fsp3) is 0.200. The van der Waals surface area contributed by atoms with Gasteiger partial charge in [-0.1, -0.05) is 41.4 Å². The second-order valence-corrected chi connectivity index (χ2v) is 9.93. The number of carbonyl (C=O) groups is 2. The van der Waals surface area contributed by atoms with Crippen LogP contribution >= 0.6 is 22.9 Å². The zero-order valence-corrected chi connectivity index (χ0v) is 24.3. The Labute approximate surface area is 247 Å². The molecule has 3 aromatic carbocycles. The molecule has 4 rings (SSSR count). The number of amides is 1. The molecule has 0 saturated carbocycles. The lowest BCUT2D eigenvalue weighted by Gasteiger charge is -2.14. The summed E-state index contributed by atoms with van der Waals surface area (Å²) in [6.07, 6.45) is 1.44. The molecular weight excluding hydrogens is 564 g/mol. The summed E-state index contributed by atoms with van der Waals surface area (Å²) in [4.78, 5) is 28.9. The first-order valence-electron chi connectivity index (χ1n) is 12.8. The molecule has 0 unspecified atom stereocenters. The zero-order valence-electron chi connectivity index (χ0n) is 22.8. The van der Waals surface area contributed by atoms with Crippen LogP contribution in [-0.4, -0.2) is 42.9 Å². The van der Waals surface area contributed by atoms with Gasteiger partial charge in [0.1, 0.15) is 0 Å². The number of aryl methyl sites for hydroxylation is 1. The third-order valence-electron chi connectivity index (χ3n) is 5.60. The van der Waals surface area contributed by atoms with Gasteiger partial charge in [0.05, 0.1) is 30.1 Å². The minimum atomic E-state index is -0.515. The van der Waals surface area contributed by atoms with Gasteiger partial charge in [0.2, 0.25) is 0 Å². The number of hydrogen-bond donors (Lipinski definition) is 2. The Morgan fingerprint density at radius 1 is 1.02 bits per heavy atom. The second-order valence-electron chi connectivity index (χ2n) is 8.66. The summed E-state index contributed by atoms with van der Waals surface area (Å²) in [6.45, 7) is 5.86. The summed E-state index contributed by atoms with van der Waals surface area (Å²) in [5, 5.41) is 10.3. The van der Waals surface area contributed by atoms with E-state index < -0.39 is 5.97 Å². The van der Waals surface area contributed by atoms with Gasteiger partial charge in [0.15, 0.2) is 23.2 Å². The molecule has 0 radical (unpaired) electrons. The molecule has 0 atom stereocenters. The number of anilines is 2. The topological polar surface area (TPSA) is 111 Å². The minimum Gasteiger partial charge on any atom is -0.490 e. The number of hydrazone groups is 1. The SMILES string of the molecule is CCOC(=O)COc1c(Cl)cc(/C=N\NC(=O)c2ccc(-c3csc(Nc4ccc(C)cc4)n3)cc2)cc1OCC. The number of benzene rings is 3. The number of ether oxygens (including phenoxy) is 3. The Balaban J connectivity index is 1.36. The van der Waals surface area contributed by atoms with Crippen LogP contribution in [0, 0.1) is 6.92 Å². The number of carbonyl (C=O) groups excluding carboxylic acids is 2. The highest BCUT2D eigenvalue weighted by Gasteiger charge is 2.15. The molecule has 0 saturated heterocycles. The molecule has 1 amide bonds. The van der Waals surface area contributed by atoms with Crippen molar-refractivity contribution >= 4 is 51.8 Å². The van der Waals surface area contributed by atoms with Gasteiger partial charge in [0, 0.05) is 22.2 Å². The maximum absolute atomic E-state index is 12.6. The summed E-state index contributed by atoms with van der Waals surface area (Å²) in [5.74, 6) is -0.329. The van der Waals surface area contributed by atoms with Crippen LogP contribution < -0.4 is 20.2 Å². The first-order chi connectivity index (χ1) is 19.9. The number of hydrogen-bond acceptors (Lipinski definition) is 9. The Morgan fingerprint density at radius 2 is 1.78 bits per heavy atom. The third-order valence-corrected chi connectivity index (χ3v) is 6.64. The van der Waals surface area contributed by atoms with Crippen LogP contribution in [-0.2, 0) is 9.53 Å². The number of esters is 1. The first-order valence-corrected chi connectivity index (χ1v) is 14.1. The van der Waals surface area contributed by atoms with E-state index >= 15 is 0 Å². The molecule has 0 aliphatic heterocycles. The van der Waals surface area contributed by atoms with E-state index in [2.05, 4.69) is 20.8 Å². The maximum Gasteiger partial charge on any atom is 0.344 e. The van der Waals surface area contributed by atoms with Crippen LogP contribution in [0.2, 0.25) is 5.02 Å². The predicted octanol–water partition coefficient (Wildman–Crippen LogP) is 6.62. The van der Waals surface area contributed by atoms with Crippen molar-refractivity contribution in [3.8, 4) is 22.8 Å². The summed E-state index contributed by atoms with van der Waals surface area (Å²) >= 11 is 7.87. The van der Waals surface area contributed by atoms with Crippen LogP contribution in [0.4, 0.5) is 10.8 Å². The van der Waals surface area contributed by atoms with Crippen molar-refractivity contribution in [2.75, 3.05) is 25.1 Å². The normalized spacial score (nSPS) is 10.8. The molecule has 1 heterocycles.